The van der Waals surface area contributed by atoms with E-state index >= 15 is 0 Å². The molecule has 0 bridgehead atoms. The lowest BCUT2D eigenvalue weighted by molar-refractivity contribution is -0.140. The van der Waals surface area contributed by atoms with Gasteiger partial charge in [-0.15, -0.1) is 0 Å². The fraction of sp³-hybridized carbons (Fsp3) is 0.250. The number of hydrogen-bond acceptors (Lipinski definition) is 3. The van der Waals surface area contributed by atoms with E-state index in [1.54, 1.807) is 12.1 Å². The number of alkyl halides is 3. The van der Waals surface area contributed by atoms with E-state index in [9.17, 15) is 26.7 Å². The van der Waals surface area contributed by atoms with Gasteiger partial charge in [-0.25, -0.2) is 8.42 Å². The van der Waals surface area contributed by atoms with Gasteiger partial charge in [-0.1, -0.05) is 31.2 Å². The maximum Gasteiger partial charge on any atom is 0.417 e. The zero-order valence-electron chi connectivity index (χ0n) is 12.5. The van der Waals surface area contributed by atoms with Crippen molar-refractivity contribution in [1.29, 1.82) is 0 Å². The predicted octanol–water partition coefficient (Wildman–Crippen LogP) is 4.18. The molecule has 0 spiro atoms. The Kier molecular flexibility index (Phi) is 4.43. The summed E-state index contributed by atoms with van der Waals surface area (Å²) in [4.78, 5) is -0.732. The van der Waals surface area contributed by atoms with Crippen molar-refractivity contribution in [1.82, 2.24) is 0 Å². The van der Waals surface area contributed by atoms with Crippen molar-refractivity contribution in [2.24, 2.45) is 0 Å². The number of halogens is 3. The first-order chi connectivity index (χ1) is 10.6. The van der Waals surface area contributed by atoms with Gasteiger partial charge in [0.2, 0.25) is 0 Å². The predicted molar refractivity (Wildman–Crippen MR) is 81.0 cm³/mol. The molecule has 0 saturated heterocycles. The van der Waals surface area contributed by atoms with E-state index in [2.05, 4.69) is 0 Å². The second-order valence-electron chi connectivity index (χ2n) is 5.03. The van der Waals surface area contributed by atoms with Gasteiger partial charge in [-0.3, -0.25) is 0 Å². The second-order valence-corrected chi connectivity index (χ2v) is 7.28. The summed E-state index contributed by atoms with van der Waals surface area (Å²) >= 11 is 0. The number of sulfone groups is 1. The summed E-state index contributed by atoms with van der Waals surface area (Å²) in [5.41, 5.74) is -1.05. The summed E-state index contributed by atoms with van der Waals surface area (Å²) in [6.45, 7) is 2.50. The first kappa shape index (κ1) is 17.3. The van der Waals surface area contributed by atoms with Crippen LogP contribution in [0, 0.1) is 6.92 Å². The summed E-state index contributed by atoms with van der Waals surface area (Å²) in [7, 11) is -4.03. The van der Waals surface area contributed by atoms with Crippen molar-refractivity contribution in [3.8, 4) is 16.9 Å². The van der Waals surface area contributed by atoms with Crippen LogP contribution in [0.25, 0.3) is 11.1 Å². The van der Waals surface area contributed by atoms with Crippen molar-refractivity contribution >= 4 is 9.84 Å². The van der Waals surface area contributed by atoms with Gasteiger partial charge in [-0.05, 0) is 30.2 Å². The molecule has 3 nitrogen and oxygen atoms in total. The van der Waals surface area contributed by atoms with Crippen molar-refractivity contribution < 1.29 is 26.7 Å². The molecule has 0 aromatic heterocycles. The van der Waals surface area contributed by atoms with Gasteiger partial charge >= 0.3 is 6.18 Å². The Morgan fingerprint density at radius 1 is 1.04 bits per heavy atom. The zero-order chi connectivity index (χ0) is 17.4. The first-order valence-corrected chi connectivity index (χ1v) is 8.46. The third-order valence-electron chi connectivity index (χ3n) is 3.62. The molecule has 1 N–H and O–H groups in total. The minimum absolute atomic E-state index is 0.144. The maximum atomic E-state index is 13.4. The molecule has 2 rings (SSSR count). The smallest absolute Gasteiger partial charge is 0.417 e. The third kappa shape index (κ3) is 3.19. The summed E-state index contributed by atoms with van der Waals surface area (Å²) in [6.07, 6.45) is -4.82. The molecule has 2 aromatic rings. The van der Waals surface area contributed by atoms with E-state index in [0.717, 1.165) is 6.07 Å². The van der Waals surface area contributed by atoms with Crippen molar-refractivity contribution in [2.75, 3.05) is 5.75 Å². The Morgan fingerprint density at radius 3 is 2.17 bits per heavy atom. The lowest BCUT2D eigenvalue weighted by Crippen LogP contribution is -2.17. The standard InChI is InChI=1S/C16H15F3O3S/c1-3-23(21,22)14-9-8-11(10(2)15(14)16(17,18)19)12-6-4-5-7-13(12)20/h4-9,20H,3H2,1-2H3. The lowest BCUT2D eigenvalue weighted by atomic mass is 9.95. The summed E-state index contributed by atoms with van der Waals surface area (Å²) in [5.74, 6) is -0.597. The lowest BCUT2D eigenvalue weighted by Gasteiger charge is -2.19. The van der Waals surface area contributed by atoms with Gasteiger partial charge in [0.05, 0.1) is 16.2 Å². The monoisotopic (exact) mass is 344 g/mol. The molecule has 0 heterocycles. The van der Waals surface area contributed by atoms with Crippen molar-refractivity contribution in [3.63, 3.8) is 0 Å². The van der Waals surface area contributed by atoms with Crippen LogP contribution in [0.3, 0.4) is 0 Å². The average molecular weight is 344 g/mol. The van der Waals surface area contributed by atoms with Gasteiger partial charge in [-0.2, -0.15) is 13.2 Å². The number of benzene rings is 2. The Bertz CT molecular complexity index is 840. The number of aromatic hydroxyl groups is 1. The average Bonchev–Trinajstić information content (AvgIpc) is 2.46. The fourth-order valence-corrected chi connectivity index (χ4v) is 3.61. The van der Waals surface area contributed by atoms with E-state index in [1.165, 1.54) is 32.0 Å². The van der Waals surface area contributed by atoms with Crippen LogP contribution in [-0.4, -0.2) is 19.3 Å². The van der Waals surface area contributed by atoms with Crippen LogP contribution >= 0.6 is 0 Å². The Labute approximate surface area is 132 Å². The van der Waals surface area contributed by atoms with Crippen molar-refractivity contribution in [3.05, 3.63) is 47.5 Å². The number of hydrogen-bond donors (Lipinski definition) is 1. The largest absolute Gasteiger partial charge is 0.507 e. The highest BCUT2D eigenvalue weighted by molar-refractivity contribution is 7.91. The molecule has 0 atom stereocenters. The topological polar surface area (TPSA) is 54.4 Å². The third-order valence-corrected chi connectivity index (χ3v) is 5.39. The van der Waals surface area contributed by atoms with Crippen LogP contribution in [0.15, 0.2) is 41.3 Å². The highest BCUT2D eigenvalue weighted by atomic mass is 32.2. The second kappa shape index (κ2) is 5.88. The van der Waals surface area contributed by atoms with E-state index in [-0.39, 0.29) is 22.4 Å². The molecule has 0 radical (unpaired) electrons. The SMILES string of the molecule is CCS(=O)(=O)c1ccc(-c2ccccc2O)c(C)c1C(F)(F)F. The van der Waals surface area contributed by atoms with E-state index in [0.29, 0.717) is 0 Å². The molecule has 0 saturated carbocycles. The molecule has 0 aliphatic rings. The molecule has 7 heteroatoms. The van der Waals surface area contributed by atoms with E-state index < -0.39 is 32.2 Å². The number of para-hydroxylation sites is 1. The van der Waals surface area contributed by atoms with Crippen LogP contribution in [0.4, 0.5) is 13.2 Å². The molecular formula is C16H15F3O3S. The Balaban J connectivity index is 2.85. The zero-order valence-corrected chi connectivity index (χ0v) is 13.3. The van der Waals surface area contributed by atoms with Gasteiger partial charge < -0.3 is 5.11 Å². The molecule has 0 fully saturated rings. The minimum atomic E-state index is -4.82. The van der Waals surface area contributed by atoms with Crippen LogP contribution in [0.1, 0.15) is 18.1 Å². The number of phenols is 1. The summed E-state index contributed by atoms with van der Waals surface area (Å²) in [5, 5.41) is 9.86. The molecular weight excluding hydrogens is 329 g/mol. The van der Waals surface area contributed by atoms with Gasteiger partial charge in [0.1, 0.15) is 5.75 Å². The highest BCUT2D eigenvalue weighted by Crippen LogP contribution is 2.42. The number of rotatable bonds is 3. The van der Waals surface area contributed by atoms with Crippen LogP contribution < -0.4 is 0 Å². The van der Waals surface area contributed by atoms with Gasteiger partial charge in [0, 0.05) is 5.56 Å². The normalized spacial score (nSPS) is 12.4. The van der Waals surface area contributed by atoms with Crippen LogP contribution in [0.5, 0.6) is 5.75 Å². The molecule has 2 aromatic carbocycles. The molecule has 0 unspecified atom stereocenters. The molecule has 23 heavy (non-hydrogen) atoms. The molecule has 0 aliphatic heterocycles. The number of phenolic OH excluding ortho intramolecular Hbond substituents is 1. The van der Waals surface area contributed by atoms with E-state index in [1.807, 2.05) is 0 Å². The van der Waals surface area contributed by atoms with Crippen LogP contribution in [-0.2, 0) is 16.0 Å². The Hall–Kier alpha value is -2.02. The van der Waals surface area contributed by atoms with Gasteiger partial charge in [0.15, 0.2) is 9.84 Å². The quantitative estimate of drug-likeness (QED) is 0.909. The highest BCUT2D eigenvalue weighted by Gasteiger charge is 2.39. The fourth-order valence-electron chi connectivity index (χ4n) is 2.45. The molecule has 0 amide bonds. The van der Waals surface area contributed by atoms with E-state index in [4.69, 9.17) is 0 Å². The van der Waals surface area contributed by atoms with Crippen LogP contribution in [0.2, 0.25) is 0 Å². The maximum absolute atomic E-state index is 13.4. The summed E-state index contributed by atoms with van der Waals surface area (Å²) in [6, 6.07) is 8.22. The molecule has 124 valence electrons. The molecule has 0 aliphatic carbocycles. The van der Waals surface area contributed by atoms with Crippen molar-refractivity contribution in [2.45, 2.75) is 24.9 Å². The minimum Gasteiger partial charge on any atom is -0.507 e. The Morgan fingerprint density at radius 2 is 1.65 bits per heavy atom. The summed E-state index contributed by atoms with van der Waals surface area (Å²) < 4.78 is 64.3. The first-order valence-electron chi connectivity index (χ1n) is 6.81. The van der Waals surface area contributed by atoms with Gasteiger partial charge in [0.25, 0.3) is 0 Å².